The molecule has 11 aromatic rings. The van der Waals surface area contributed by atoms with Gasteiger partial charge in [0, 0.05) is 16.5 Å². The average Bonchev–Trinajstić information content (AvgIpc) is 3.63. The minimum atomic E-state index is 1.16. The first-order valence-electron chi connectivity index (χ1n) is 19.7. The molecule has 0 N–H and O–H groups in total. The maximum Gasteiger partial charge on any atom is 0.0541 e. The number of rotatable bonds is 6. The van der Waals surface area contributed by atoms with Crippen molar-refractivity contribution in [3.8, 4) is 61.3 Å². The van der Waals surface area contributed by atoms with E-state index in [1.807, 2.05) is 0 Å². The molecule has 1 aromatic heterocycles. The number of fused-ring (bicyclic) bond motifs is 5. The third-order valence-electron chi connectivity index (χ3n) is 11.6. The van der Waals surface area contributed by atoms with Gasteiger partial charge in [0.2, 0.25) is 0 Å². The largest absolute Gasteiger partial charge is 0.309 e. The lowest BCUT2D eigenvalue weighted by atomic mass is 9.84. The summed E-state index contributed by atoms with van der Waals surface area (Å²) in [6.07, 6.45) is 0. The first-order chi connectivity index (χ1) is 28.3. The van der Waals surface area contributed by atoms with E-state index in [2.05, 4.69) is 229 Å². The van der Waals surface area contributed by atoms with Crippen LogP contribution < -0.4 is 0 Å². The van der Waals surface area contributed by atoms with Crippen molar-refractivity contribution in [1.29, 1.82) is 0 Å². The molecule has 1 heterocycles. The second-order valence-corrected chi connectivity index (χ2v) is 14.9. The van der Waals surface area contributed by atoms with E-state index in [1.54, 1.807) is 0 Å². The molecule has 266 valence electrons. The number of aromatic nitrogens is 1. The van der Waals surface area contributed by atoms with Crippen molar-refractivity contribution in [1.82, 2.24) is 4.57 Å². The monoisotopic (exact) mass is 723 g/mol. The second kappa shape index (κ2) is 13.7. The molecular formula is C56H37N. The number of nitrogens with zero attached hydrogens (tertiary/aromatic N) is 1. The predicted octanol–water partition coefficient (Wildman–Crippen LogP) is 15.4. The summed E-state index contributed by atoms with van der Waals surface area (Å²) in [6.45, 7) is 0. The quantitative estimate of drug-likeness (QED) is 0.151. The molecule has 0 aliphatic heterocycles. The molecule has 0 bridgehead atoms. The Morgan fingerprint density at radius 2 is 0.544 bits per heavy atom. The van der Waals surface area contributed by atoms with Gasteiger partial charge in [-0.25, -0.2) is 0 Å². The van der Waals surface area contributed by atoms with Crippen LogP contribution in [0.3, 0.4) is 0 Å². The Bertz CT molecular complexity index is 3170. The molecule has 0 fully saturated rings. The molecule has 0 radical (unpaired) electrons. The van der Waals surface area contributed by atoms with E-state index in [-0.39, 0.29) is 0 Å². The molecule has 10 aromatic carbocycles. The van der Waals surface area contributed by atoms with E-state index in [1.165, 1.54) is 99.0 Å². The third kappa shape index (κ3) is 5.63. The van der Waals surface area contributed by atoms with Crippen LogP contribution in [0, 0.1) is 0 Å². The van der Waals surface area contributed by atoms with Gasteiger partial charge < -0.3 is 4.57 Å². The highest BCUT2D eigenvalue weighted by atomic mass is 15.0. The van der Waals surface area contributed by atoms with Crippen molar-refractivity contribution in [3.05, 3.63) is 224 Å². The highest BCUT2D eigenvalue weighted by molar-refractivity contribution is 6.22. The van der Waals surface area contributed by atoms with Gasteiger partial charge in [0.15, 0.2) is 0 Å². The Hall–Kier alpha value is -7.48. The van der Waals surface area contributed by atoms with Gasteiger partial charge in [-0.05, 0) is 108 Å². The summed E-state index contributed by atoms with van der Waals surface area (Å²) < 4.78 is 2.38. The summed E-state index contributed by atoms with van der Waals surface area (Å²) in [4.78, 5) is 0. The van der Waals surface area contributed by atoms with Crippen LogP contribution in [0.2, 0.25) is 0 Å². The number of para-hydroxylation sites is 2. The minimum Gasteiger partial charge on any atom is -0.309 e. The van der Waals surface area contributed by atoms with Crippen molar-refractivity contribution >= 4 is 43.4 Å². The van der Waals surface area contributed by atoms with Crippen molar-refractivity contribution in [3.63, 3.8) is 0 Å². The smallest absolute Gasteiger partial charge is 0.0541 e. The topological polar surface area (TPSA) is 4.93 Å². The standard InChI is InChI=1S/C56H37N/c1-3-13-38(14-4-1)40-23-27-43(28-24-40)55-49-19-7-8-20-50(49)56(44-29-25-41(26-30-44)39-15-5-2-6-16-39)52-37-45(33-36-51(52)55)42-31-34-46(35-32-42)57-53-21-11-9-17-47(53)48-18-10-12-22-54(48)57/h1-37H. The molecule has 0 atom stereocenters. The molecule has 0 spiro atoms. The Morgan fingerprint density at radius 1 is 0.211 bits per heavy atom. The highest BCUT2D eigenvalue weighted by Gasteiger charge is 2.18. The first-order valence-corrected chi connectivity index (χ1v) is 19.7. The van der Waals surface area contributed by atoms with Gasteiger partial charge in [-0.1, -0.05) is 194 Å². The lowest BCUT2D eigenvalue weighted by Gasteiger charge is -2.19. The number of hydrogen-bond donors (Lipinski definition) is 0. The van der Waals surface area contributed by atoms with E-state index < -0.39 is 0 Å². The summed E-state index contributed by atoms with van der Waals surface area (Å²) in [5, 5.41) is 7.53. The SMILES string of the molecule is c1ccc(-c2ccc(-c3c4ccccc4c(-c4ccc(-c5ccccc5)cc4)c4cc(-c5ccc(-n6c7ccccc7c7ccccc76)cc5)ccc34)cc2)cc1. The summed E-state index contributed by atoms with van der Waals surface area (Å²) in [5.74, 6) is 0. The van der Waals surface area contributed by atoms with Crippen LogP contribution in [0.4, 0.5) is 0 Å². The van der Waals surface area contributed by atoms with Gasteiger partial charge in [-0.2, -0.15) is 0 Å². The zero-order valence-corrected chi connectivity index (χ0v) is 31.3. The van der Waals surface area contributed by atoms with Crippen molar-refractivity contribution in [2.75, 3.05) is 0 Å². The average molecular weight is 724 g/mol. The molecule has 1 nitrogen and oxygen atoms in total. The fourth-order valence-electron chi connectivity index (χ4n) is 8.90. The van der Waals surface area contributed by atoms with Gasteiger partial charge in [-0.3, -0.25) is 0 Å². The van der Waals surface area contributed by atoms with Crippen LogP contribution in [-0.4, -0.2) is 4.57 Å². The molecule has 1 heteroatoms. The van der Waals surface area contributed by atoms with E-state index in [4.69, 9.17) is 0 Å². The predicted molar refractivity (Wildman–Crippen MR) is 243 cm³/mol. The van der Waals surface area contributed by atoms with Crippen LogP contribution in [0.5, 0.6) is 0 Å². The fraction of sp³-hybridized carbons (Fsp3) is 0. The third-order valence-corrected chi connectivity index (χ3v) is 11.6. The molecule has 0 aliphatic rings. The maximum absolute atomic E-state index is 2.42. The van der Waals surface area contributed by atoms with Crippen LogP contribution in [0.25, 0.3) is 105 Å². The molecule has 0 saturated carbocycles. The van der Waals surface area contributed by atoms with Gasteiger partial charge in [0.1, 0.15) is 0 Å². The van der Waals surface area contributed by atoms with Crippen molar-refractivity contribution in [2.24, 2.45) is 0 Å². The van der Waals surface area contributed by atoms with Gasteiger partial charge in [0.05, 0.1) is 11.0 Å². The number of benzene rings is 10. The zero-order chi connectivity index (χ0) is 37.7. The molecule has 0 aliphatic carbocycles. The highest BCUT2D eigenvalue weighted by Crippen LogP contribution is 2.45. The fourth-order valence-corrected chi connectivity index (χ4v) is 8.90. The van der Waals surface area contributed by atoms with Crippen LogP contribution in [0.1, 0.15) is 0 Å². The van der Waals surface area contributed by atoms with Gasteiger partial charge >= 0.3 is 0 Å². The normalized spacial score (nSPS) is 11.5. The number of hydrogen-bond acceptors (Lipinski definition) is 0. The second-order valence-electron chi connectivity index (χ2n) is 14.9. The van der Waals surface area contributed by atoms with Crippen molar-refractivity contribution < 1.29 is 0 Å². The molecule has 57 heavy (non-hydrogen) atoms. The molecule has 0 saturated heterocycles. The lowest BCUT2D eigenvalue weighted by molar-refractivity contribution is 1.18. The zero-order valence-electron chi connectivity index (χ0n) is 31.3. The van der Waals surface area contributed by atoms with E-state index in [9.17, 15) is 0 Å². The molecule has 0 unspecified atom stereocenters. The summed E-state index contributed by atoms with van der Waals surface area (Å²) >= 11 is 0. The summed E-state index contributed by atoms with van der Waals surface area (Å²) in [5.41, 5.74) is 15.8. The lowest BCUT2D eigenvalue weighted by Crippen LogP contribution is -1.94. The van der Waals surface area contributed by atoms with Gasteiger partial charge in [-0.15, -0.1) is 0 Å². The summed E-state index contributed by atoms with van der Waals surface area (Å²) in [7, 11) is 0. The molecule has 11 rings (SSSR count). The molecular weight excluding hydrogens is 687 g/mol. The van der Waals surface area contributed by atoms with Crippen LogP contribution in [0.15, 0.2) is 224 Å². The Balaban J connectivity index is 1.10. The first kappa shape index (κ1) is 32.9. The Morgan fingerprint density at radius 3 is 1.05 bits per heavy atom. The summed E-state index contributed by atoms with van der Waals surface area (Å²) in [6, 6.07) is 82.0. The van der Waals surface area contributed by atoms with Crippen molar-refractivity contribution in [2.45, 2.75) is 0 Å². The maximum atomic E-state index is 2.42. The van der Waals surface area contributed by atoms with E-state index in [0.29, 0.717) is 0 Å². The van der Waals surface area contributed by atoms with E-state index >= 15 is 0 Å². The Kier molecular flexibility index (Phi) is 7.89. The van der Waals surface area contributed by atoms with Crippen LogP contribution >= 0.6 is 0 Å². The molecule has 0 amide bonds. The van der Waals surface area contributed by atoms with Crippen LogP contribution in [-0.2, 0) is 0 Å². The minimum absolute atomic E-state index is 1.16. The van der Waals surface area contributed by atoms with Gasteiger partial charge in [0.25, 0.3) is 0 Å². The Labute approximate surface area is 332 Å². The van der Waals surface area contributed by atoms with E-state index in [0.717, 1.165) is 5.69 Å².